The summed E-state index contributed by atoms with van der Waals surface area (Å²) in [5.41, 5.74) is 7.32. The third-order valence-corrected chi connectivity index (χ3v) is 1.88. The highest BCUT2D eigenvalue weighted by Gasteiger charge is 2.06. The van der Waals surface area contributed by atoms with Crippen molar-refractivity contribution in [3.63, 3.8) is 0 Å². The second-order valence-corrected chi connectivity index (χ2v) is 3.22. The molecular formula is C10H14FN. The first-order chi connectivity index (χ1) is 5.61. The molecule has 0 saturated carbocycles. The Morgan fingerprint density at radius 2 is 2.17 bits per heavy atom. The van der Waals surface area contributed by atoms with E-state index in [-0.39, 0.29) is 11.9 Å². The van der Waals surface area contributed by atoms with E-state index in [9.17, 15) is 4.39 Å². The Labute approximate surface area is 72.4 Å². The van der Waals surface area contributed by atoms with Crippen molar-refractivity contribution in [3.05, 3.63) is 35.1 Å². The molecule has 0 aliphatic rings. The summed E-state index contributed by atoms with van der Waals surface area (Å²) in [6.45, 7) is 3.78. The molecule has 1 nitrogen and oxygen atoms in total. The van der Waals surface area contributed by atoms with Crippen LogP contribution in [0.25, 0.3) is 0 Å². The highest BCUT2D eigenvalue weighted by atomic mass is 19.1. The van der Waals surface area contributed by atoms with Gasteiger partial charge in [0.25, 0.3) is 0 Å². The summed E-state index contributed by atoms with van der Waals surface area (Å²) in [4.78, 5) is 0. The van der Waals surface area contributed by atoms with Crippen LogP contribution >= 0.6 is 0 Å². The monoisotopic (exact) mass is 167 g/mol. The van der Waals surface area contributed by atoms with Crippen LogP contribution in [0.4, 0.5) is 4.39 Å². The Morgan fingerprint density at radius 3 is 2.67 bits per heavy atom. The molecule has 1 rings (SSSR count). The van der Waals surface area contributed by atoms with Gasteiger partial charge in [-0.3, -0.25) is 0 Å². The molecule has 0 aromatic heterocycles. The average molecular weight is 167 g/mol. The Morgan fingerprint density at radius 1 is 1.50 bits per heavy atom. The molecule has 0 saturated heterocycles. The zero-order valence-corrected chi connectivity index (χ0v) is 7.47. The molecule has 2 heteroatoms. The summed E-state index contributed by atoms with van der Waals surface area (Å²) in [6, 6.07) is 5.11. The zero-order valence-electron chi connectivity index (χ0n) is 7.47. The maximum Gasteiger partial charge on any atom is 0.126 e. The van der Waals surface area contributed by atoms with E-state index in [0.717, 1.165) is 11.1 Å². The molecular weight excluding hydrogens is 153 g/mol. The van der Waals surface area contributed by atoms with Crippen molar-refractivity contribution in [1.82, 2.24) is 0 Å². The molecule has 12 heavy (non-hydrogen) atoms. The molecule has 0 bridgehead atoms. The number of hydrogen-bond donors (Lipinski definition) is 1. The minimum absolute atomic E-state index is 0.0144. The molecule has 0 aliphatic carbocycles. The maximum absolute atomic E-state index is 13.2. The topological polar surface area (TPSA) is 26.0 Å². The van der Waals surface area contributed by atoms with Crippen LogP contribution in [-0.4, -0.2) is 6.04 Å². The Hall–Kier alpha value is -0.890. The fourth-order valence-electron chi connectivity index (χ4n) is 1.25. The van der Waals surface area contributed by atoms with Gasteiger partial charge in [-0.1, -0.05) is 12.1 Å². The van der Waals surface area contributed by atoms with Crippen LogP contribution in [0.2, 0.25) is 0 Å². The minimum Gasteiger partial charge on any atom is -0.328 e. The van der Waals surface area contributed by atoms with Gasteiger partial charge in [0.2, 0.25) is 0 Å². The predicted octanol–water partition coefficient (Wildman–Crippen LogP) is 2.02. The van der Waals surface area contributed by atoms with Crippen LogP contribution < -0.4 is 5.73 Å². The number of benzene rings is 1. The molecule has 0 radical (unpaired) electrons. The summed E-state index contributed by atoms with van der Waals surface area (Å²) < 4.78 is 13.2. The molecule has 1 aromatic rings. The van der Waals surface area contributed by atoms with Gasteiger partial charge in [-0.25, -0.2) is 4.39 Å². The number of halogens is 1. The van der Waals surface area contributed by atoms with Crippen LogP contribution in [0, 0.1) is 12.7 Å². The van der Waals surface area contributed by atoms with E-state index < -0.39 is 0 Å². The molecule has 0 heterocycles. The largest absolute Gasteiger partial charge is 0.328 e. The quantitative estimate of drug-likeness (QED) is 0.716. The number of rotatable bonds is 2. The van der Waals surface area contributed by atoms with E-state index in [1.807, 2.05) is 19.9 Å². The van der Waals surface area contributed by atoms with E-state index in [1.165, 1.54) is 6.07 Å². The molecule has 2 N–H and O–H groups in total. The van der Waals surface area contributed by atoms with Gasteiger partial charge < -0.3 is 5.73 Å². The summed E-state index contributed by atoms with van der Waals surface area (Å²) in [5.74, 6) is -0.146. The SMILES string of the molecule is Cc1cccc(F)c1C[C@@H](C)N. The van der Waals surface area contributed by atoms with Gasteiger partial charge in [0.15, 0.2) is 0 Å². The lowest BCUT2D eigenvalue weighted by Gasteiger charge is -2.09. The summed E-state index contributed by atoms with van der Waals surface area (Å²) in [5, 5.41) is 0. The molecule has 0 amide bonds. The van der Waals surface area contributed by atoms with Gasteiger partial charge in [0.05, 0.1) is 0 Å². The van der Waals surface area contributed by atoms with E-state index in [1.54, 1.807) is 6.07 Å². The molecule has 66 valence electrons. The van der Waals surface area contributed by atoms with E-state index in [0.29, 0.717) is 6.42 Å². The molecule has 0 aliphatic heterocycles. The van der Waals surface area contributed by atoms with Crippen molar-refractivity contribution in [2.45, 2.75) is 26.3 Å². The second kappa shape index (κ2) is 3.68. The first-order valence-electron chi connectivity index (χ1n) is 4.11. The Kier molecular flexibility index (Phi) is 2.82. The van der Waals surface area contributed by atoms with Crippen molar-refractivity contribution in [3.8, 4) is 0 Å². The van der Waals surface area contributed by atoms with Crippen LogP contribution in [0.5, 0.6) is 0 Å². The van der Waals surface area contributed by atoms with Crippen molar-refractivity contribution in [1.29, 1.82) is 0 Å². The standard InChI is InChI=1S/C10H14FN/c1-7-4-3-5-10(11)9(7)6-8(2)12/h3-5,8H,6,12H2,1-2H3/t8-/m1/s1. The van der Waals surface area contributed by atoms with Gasteiger partial charge >= 0.3 is 0 Å². The van der Waals surface area contributed by atoms with E-state index >= 15 is 0 Å². The van der Waals surface area contributed by atoms with E-state index in [4.69, 9.17) is 5.73 Å². The minimum atomic E-state index is -0.146. The third-order valence-electron chi connectivity index (χ3n) is 1.88. The number of nitrogens with two attached hydrogens (primary N) is 1. The van der Waals surface area contributed by atoms with Crippen LogP contribution in [0.15, 0.2) is 18.2 Å². The molecule has 0 unspecified atom stereocenters. The molecule has 0 spiro atoms. The van der Waals surface area contributed by atoms with Crippen molar-refractivity contribution in [2.75, 3.05) is 0 Å². The lowest BCUT2D eigenvalue weighted by atomic mass is 10.0. The second-order valence-electron chi connectivity index (χ2n) is 3.22. The van der Waals surface area contributed by atoms with Gasteiger partial charge in [0, 0.05) is 6.04 Å². The molecule has 1 atom stereocenters. The van der Waals surface area contributed by atoms with Crippen molar-refractivity contribution < 1.29 is 4.39 Å². The fourth-order valence-corrected chi connectivity index (χ4v) is 1.25. The predicted molar refractivity (Wildman–Crippen MR) is 48.5 cm³/mol. The normalized spacial score (nSPS) is 13.0. The third kappa shape index (κ3) is 2.05. The summed E-state index contributed by atoms with van der Waals surface area (Å²) in [6.07, 6.45) is 0.610. The highest BCUT2D eigenvalue weighted by Crippen LogP contribution is 2.13. The Balaban J connectivity index is 2.96. The smallest absolute Gasteiger partial charge is 0.126 e. The van der Waals surface area contributed by atoms with E-state index in [2.05, 4.69) is 0 Å². The van der Waals surface area contributed by atoms with Crippen molar-refractivity contribution in [2.24, 2.45) is 5.73 Å². The van der Waals surface area contributed by atoms with Crippen molar-refractivity contribution >= 4 is 0 Å². The maximum atomic E-state index is 13.2. The van der Waals surface area contributed by atoms with Crippen LogP contribution in [0.3, 0.4) is 0 Å². The van der Waals surface area contributed by atoms with Crippen LogP contribution in [-0.2, 0) is 6.42 Å². The Bertz CT molecular complexity index is 248. The van der Waals surface area contributed by atoms with Gasteiger partial charge in [0.1, 0.15) is 5.82 Å². The summed E-state index contributed by atoms with van der Waals surface area (Å²) in [7, 11) is 0. The van der Waals surface area contributed by atoms with Gasteiger partial charge in [-0.05, 0) is 37.5 Å². The fraction of sp³-hybridized carbons (Fsp3) is 0.400. The lowest BCUT2D eigenvalue weighted by Crippen LogP contribution is -2.19. The lowest BCUT2D eigenvalue weighted by molar-refractivity contribution is 0.593. The average Bonchev–Trinajstić information content (AvgIpc) is 1.97. The zero-order chi connectivity index (χ0) is 9.14. The molecule has 1 aromatic carbocycles. The van der Waals surface area contributed by atoms with Gasteiger partial charge in [-0.15, -0.1) is 0 Å². The summed E-state index contributed by atoms with van der Waals surface area (Å²) >= 11 is 0. The first kappa shape index (κ1) is 9.20. The van der Waals surface area contributed by atoms with Gasteiger partial charge in [-0.2, -0.15) is 0 Å². The highest BCUT2D eigenvalue weighted by molar-refractivity contribution is 5.27. The number of aryl methyl sites for hydroxylation is 1. The number of hydrogen-bond acceptors (Lipinski definition) is 1. The van der Waals surface area contributed by atoms with Crippen LogP contribution in [0.1, 0.15) is 18.1 Å². The first-order valence-corrected chi connectivity index (χ1v) is 4.11. The molecule has 0 fully saturated rings.